The molecule has 0 saturated heterocycles. The van der Waals surface area contributed by atoms with Gasteiger partial charge in [0.2, 0.25) is 0 Å². The molecule has 0 amide bonds. The summed E-state index contributed by atoms with van der Waals surface area (Å²) < 4.78 is 10.6. The van der Waals surface area contributed by atoms with E-state index >= 15 is 0 Å². The number of hydrogen-bond acceptors (Lipinski definition) is 4. The molecule has 1 fully saturated rings. The van der Waals surface area contributed by atoms with E-state index in [9.17, 15) is 9.59 Å². The maximum Gasteiger partial charge on any atom is 0.336 e. The van der Waals surface area contributed by atoms with Crippen LogP contribution in [0.4, 0.5) is 0 Å². The molecular weight excluding hydrogens is 280 g/mol. The number of carbonyl (C=O) groups excluding carboxylic acids is 2. The summed E-state index contributed by atoms with van der Waals surface area (Å²) in [5.41, 5.74) is 3.77. The average molecular weight is 296 g/mol. The van der Waals surface area contributed by atoms with Crippen molar-refractivity contribution in [2.75, 3.05) is 0 Å². The van der Waals surface area contributed by atoms with E-state index in [0.29, 0.717) is 23.5 Å². The van der Waals surface area contributed by atoms with E-state index < -0.39 is 6.29 Å². The van der Waals surface area contributed by atoms with Crippen LogP contribution in [0, 0.1) is 5.92 Å². The summed E-state index contributed by atoms with van der Waals surface area (Å²) in [6.07, 6.45) is 3.92. The molecule has 2 aliphatic carbocycles. The van der Waals surface area contributed by atoms with Gasteiger partial charge in [-0.25, -0.2) is 4.79 Å². The van der Waals surface area contributed by atoms with Crippen LogP contribution in [0.15, 0.2) is 47.7 Å². The van der Waals surface area contributed by atoms with Gasteiger partial charge in [0.15, 0.2) is 5.78 Å². The van der Waals surface area contributed by atoms with Crippen molar-refractivity contribution < 1.29 is 19.1 Å². The van der Waals surface area contributed by atoms with Gasteiger partial charge in [-0.15, -0.1) is 0 Å². The Morgan fingerprint density at radius 3 is 2.82 bits per heavy atom. The molecule has 0 radical (unpaired) electrons. The summed E-state index contributed by atoms with van der Waals surface area (Å²) in [6, 6.07) is 8.26. The lowest BCUT2D eigenvalue weighted by molar-refractivity contribution is -0.152. The molecule has 4 heteroatoms. The Bertz CT molecular complexity index is 728. The van der Waals surface area contributed by atoms with Crippen molar-refractivity contribution in [2.45, 2.75) is 32.0 Å². The molecule has 0 bridgehead atoms. The van der Waals surface area contributed by atoms with Crippen LogP contribution in [0.3, 0.4) is 0 Å². The molecule has 1 heterocycles. The highest BCUT2D eigenvalue weighted by molar-refractivity contribution is 6.00. The minimum atomic E-state index is -0.719. The second-order valence-corrected chi connectivity index (χ2v) is 6.10. The Morgan fingerprint density at radius 1 is 1.23 bits per heavy atom. The summed E-state index contributed by atoms with van der Waals surface area (Å²) >= 11 is 0. The fraction of sp³-hybridized carbons (Fsp3) is 0.333. The fourth-order valence-corrected chi connectivity index (χ4v) is 3.67. The molecular formula is C18H16O4. The number of esters is 1. The number of benzene rings is 1. The van der Waals surface area contributed by atoms with Crippen LogP contribution in [0.1, 0.15) is 30.4 Å². The fourth-order valence-electron chi connectivity index (χ4n) is 3.67. The van der Waals surface area contributed by atoms with Crippen molar-refractivity contribution >= 4 is 11.8 Å². The van der Waals surface area contributed by atoms with Gasteiger partial charge in [-0.2, -0.15) is 0 Å². The number of allylic oxidation sites excluding steroid dienone is 1. The Kier molecular flexibility index (Phi) is 2.93. The number of hydrogen-bond donors (Lipinski definition) is 0. The third-order valence-electron chi connectivity index (χ3n) is 4.71. The minimum absolute atomic E-state index is 0.117. The first kappa shape index (κ1) is 13.3. The normalized spacial score (nSPS) is 31.0. The first-order valence-electron chi connectivity index (χ1n) is 7.49. The third-order valence-corrected chi connectivity index (χ3v) is 4.71. The molecule has 4 rings (SSSR count). The molecule has 4 nitrogen and oxygen atoms in total. The molecule has 3 atom stereocenters. The van der Waals surface area contributed by atoms with E-state index in [2.05, 4.69) is 12.1 Å². The zero-order valence-electron chi connectivity index (χ0n) is 12.2. The van der Waals surface area contributed by atoms with Gasteiger partial charge >= 0.3 is 5.97 Å². The van der Waals surface area contributed by atoms with Gasteiger partial charge < -0.3 is 9.47 Å². The highest BCUT2D eigenvalue weighted by Crippen LogP contribution is 2.49. The number of cyclic esters (lactones) is 1. The topological polar surface area (TPSA) is 52.6 Å². The third kappa shape index (κ3) is 1.98. The van der Waals surface area contributed by atoms with Gasteiger partial charge in [0.05, 0.1) is 6.26 Å². The molecule has 22 heavy (non-hydrogen) atoms. The van der Waals surface area contributed by atoms with Crippen LogP contribution in [-0.4, -0.2) is 18.0 Å². The van der Waals surface area contributed by atoms with Crippen molar-refractivity contribution in [1.29, 1.82) is 0 Å². The summed E-state index contributed by atoms with van der Waals surface area (Å²) in [6.45, 7) is 1.68. The molecule has 0 N–H and O–H groups in total. The van der Waals surface area contributed by atoms with Gasteiger partial charge in [-0.05, 0) is 30.4 Å². The number of fused-ring (bicyclic) bond motifs is 3. The van der Waals surface area contributed by atoms with Crippen molar-refractivity contribution in [1.82, 2.24) is 0 Å². The van der Waals surface area contributed by atoms with Gasteiger partial charge in [0.25, 0.3) is 6.29 Å². The van der Waals surface area contributed by atoms with Gasteiger partial charge in [0, 0.05) is 29.6 Å². The molecule has 3 unspecified atom stereocenters. The Morgan fingerprint density at radius 2 is 2.05 bits per heavy atom. The summed E-state index contributed by atoms with van der Waals surface area (Å²) in [5, 5.41) is 0. The monoisotopic (exact) mass is 296 g/mol. The van der Waals surface area contributed by atoms with Gasteiger partial charge in [-0.3, -0.25) is 4.79 Å². The van der Waals surface area contributed by atoms with E-state index in [4.69, 9.17) is 9.47 Å². The number of carbonyl (C=O) groups is 2. The highest BCUT2D eigenvalue weighted by Gasteiger charge is 2.44. The van der Waals surface area contributed by atoms with Crippen LogP contribution in [0.25, 0.3) is 0 Å². The Hall–Kier alpha value is -2.36. The van der Waals surface area contributed by atoms with E-state index in [1.165, 1.54) is 17.4 Å². The maximum absolute atomic E-state index is 12.3. The van der Waals surface area contributed by atoms with Crippen molar-refractivity contribution in [3.05, 3.63) is 58.9 Å². The molecule has 1 aliphatic heterocycles. The molecule has 112 valence electrons. The average Bonchev–Trinajstić information content (AvgIpc) is 3.09. The molecule has 1 aromatic rings. The quantitative estimate of drug-likeness (QED) is 0.478. The lowest BCUT2D eigenvalue weighted by Crippen LogP contribution is -2.11. The summed E-state index contributed by atoms with van der Waals surface area (Å²) in [4.78, 5) is 23.6. The Balaban J connectivity index is 1.60. The first-order valence-corrected chi connectivity index (χ1v) is 7.49. The zero-order valence-corrected chi connectivity index (χ0v) is 12.2. The van der Waals surface area contributed by atoms with E-state index in [1.807, 2.05) is 12.1 Å². The van der Waals surface area contributed by atoms with Crippen LogP contribution in [0.2, 0.25) is 0 Å². The second kappa shape index (κ2) is 4.83. The molecule has 0 aromatic heterocycles. The predicted molar refractivity (Wildman–Crippen MR) is 78.8 cm³/mol. The number of Topliss-reactive ketones (excluding diaryl/α,β-unsaturated/α-hetero) is 1. The summed E-state index contributed by atoms with van der Waals surface area (Å²) in [5.74, 6) is 0.216. The second-order valence-electron chi connectivity index (χ2n) is 6.10. The van der Waals surface area contributed by atoms with E-state index in [1.54, 1.807) is 13.0 Å². The van der Waals surface area contributed by atoms with E-state index in [0.717, 1.165) is 6.42 Å². The molecule has 1 aromatic carbocycles. The lowest BCUT2D eigenvalue weighted by atomic mass is 9.93. The van der Waals surface area contributed by atoms with Crippen LogP contribution >= 0.6 is 0 Å². The van der Waals surface area contributed by atoms with Crippen molar-refractivity contribution in [2.24, 2.45) is 5.92 Å². The van der Waals surface area contributed by atoms with Gasteiger partial charge in [0.1, 0.15) is 0 Å². The zero-order chi connectivity index (χ0) is 15.3. The largest absolute Gasteiger partial charge is 0.458 e. The van der Waals surface area contributed by atoms with Crippen LogP contribution in [-0.2, 0) is 25.5 Å². The SMILES string of the molecule is CC1=CC(O/C=C2/C(=O)CC3Cc4ccccc4C23)OC1=O. The molecule has 3 aliphatic rings. The lowest BCUT2D eigenvalue weighted by Gasteiger charge is -2.13. The highest BCUT2D eigenvalue weighted by atomic mass is 16.7. The number of ketones is 1. The van der Waals surface area contributed by atoms with E-state index in [-0.39, 0.29) is 17.7 Å². The first-order chi connectivity index (χ1) is 10.6. The minimum Gasteiger partial charge on any atom is -0.458 e. The predicted octanol–water partition coefficient (Wildman–Crippen LogP) is 2.65. The molecule has 1 saturated carbocycles. The van der Waals surface area contributed by atoms with Gasteiger partial charge in [-0.1, -0.05) is 24.3 Å². The summed E-state index contributed by atoms with van der Waals surface area (Å²) in [7, 11) is 0. The van der Waals surface area contributed by atoms with Crippen LogP contribution in [0.5, 0.6) is 0 Å². The number of rotatable bonds is 2. The standard InChI is InChI=1S/C18H16O4/c1-10-6-16(22-18(10)20)21-9-14-15(19)8-12-7-11-4-2-3-5-13(11)17(12)14/h2-6,9,12,16-17H,7-8H2,1H3/b14-9-. The molecule has 0 spiro atoms. The van der Waals surface area contributed by atoms with Crippen molar-refractivity contribution in [3.63, 3.8) is 0 Å². The van der Waals surface area contributed by atoms with Crippen molar-refractivity contribution in [3.8, 4) is 0 Å². The maximum atomic E-state index is 12.3. The smallest absolute Gasteiger partial charge is 0.336 e. The Labute approximate surface area is 128 Å². The van der Waals surface area contributed by atoms with Crippen LogP contribution < -0.4 is 0 Å². The number of ether oxygens (including phenoxy) is 2.